The van der Waals surface area contributed by atoms with Crippen molar-refractivity contribution >= 4 is 34.8 Å². The Morgan fingerprint density at radius 1 is 1.12 bits per heavy atom. The van der Waals surface area contributed by atoms with Gasteiger partial charge in [-0.1, -0.05) is 23.2 Å². The zero-order chi connectivity index (χ0) is 17.4. The fraction of sp³-hybridized carbons (Fsp3) is 0.176. The maximum atomic E-state index is 12.8. The molecular formula is C17H16Cl2N4O. The van der Waals surface area contributed by atoms with Crippen molar-refractivity contribution in [1.82, 2.24) is 14.3 Å². The van der Waals surface area contributed by atoms with Crippen LogP contribution >= 0.6 is 23.2 Å². The number of aryl methyl sites for hydroxylation is 3. The minimum atomic E-state index is -0.297. The summed E-state index contributed by atoms with van der Waals surface area (Å²) < 4.78 is 3.66. The van der Waals surface area contributed by atoms with Crippen molar-refractivity contribution < 1.29 is 4.79 Å². The molecule has 0 atom stereocenters. The third kappa shape index (κ3) is 2.92. The summed E-state index contributed by atoms with van der Waals surface area (Å²) in [6.07, 6.45) is 1.54. The highest BCUT2D eigenvalue weighted by molar-refractivity contribution is 6.35. The van der Waals surface area contributed by atoms with Gasteiger partial charge in [-0.2, -0.15) is 5.10 Å². The summed E-state index contributed by atoms with van der Waals surface area (Å²) in [5.74, 6) is 0.403. The largest absolute Gasteiger partial charge is 0.320 e. The number of amides is 1. The summed E-state index contributed by atoms with van der Waals surface area (Å²) in [7, 11) is 1.80. The quantitative estimate of drug-likeness (QED) is 0.751. The lowest BCUT2D eigenvalue weighted by Gasteiger charge is -2.13. The van der Waals surface area contributed by atoms with Gasteiger partial charge in [-0.15, -0.1) is 0 Å². The second-order valence-electron chi connectivity index (χ2n) is 5.54. The molecule has 0 aliphatic heterocycles. The maximum Gasteiger partial charge on any atom is 0.261 e. The molecule has 0 spiro atoms. The van der Waals surface area contributed by atoms with E-state index in [1.54, 1.807) is 36.1 Å². The number of hydrogen-bond donors (Lipinski definition) is 1. The number of hydrogen-bond acceptors (Lipinski definition) is 2. The first-order valence-electron chi connectivity index (χ1n) is 7.32. The van der Waals surface area contributed by atoms with Crippen molar-refractivity contribution in [1.29, 1.82) is 0 Å². The van der Waals surface area contributed by atoms with E-state index in [1.165, 1.54) is 0 Å². The Labute approximate surface area is 149 Å². The van der Waals surface area contributed by atoms with Gasteiger partial charge in [0, 0.05) is 23.5 Å². The Hall–Kier alpha value is -2.24. The topological polar surface area (TPSA) is 51.9 Å². The SMILES string of the molecule is Cc1ccc(C)n1-c1c(C(=O)Nc2cc(Cl)ccc2Cl)cnn1C. The Balaban J connectivity index is 2.02. The minimum Gasteiger partial charge on any atom is -0.320 e. The summed E-state index contributed by atoms with van der Waals surface area (Å²) in [4.78, 5) is 12.8. The van der Waals surface area contributed by atoms with Gasteiger partial charge in [0.15, 0.2) is 0 Å². The molecule has 7 heteroatoms. The van der Waals surface area contributed by atoms with Gasteiger partial charge >= 0.3 is 0 Å². The van der Waals surface area contributed by atoms with Gasteiger partial charge < -0.3 is 9.88 Å². The second kappa shape index (κ2) is 6.34. The lowest BCUT2D eigenvalue weighted by Crippen LogP contribution is -2.16. The van der Waals surface area contributed by atoms with E-state index in [0.29, 0.717) is 27.1 Å². The number of anilines is 1. The predicted octanol–water partition coefficient (Wildman–Crippen LogP) is 4.39. The third-order valence-corrected chi connectivity index (χ3v) is 4.38. The van der Waals surface area contributed by atoms with Gasteiger partial charge in [0.1, 0.15) is 11.4 Å². The normalized spacial score (nSPS) is 10.9. The van der Waals surface area contributed by atoms with Gasteiger partial charge in [0.05, 0.1) is 16.9 Å². The molecule has 2 heterocycles. The summed E-state index contributed by atoms with van der Waals surface area (Å²) in [6, 6.07) is 8.92. The van der Waals surface area contributed by atoms with Crippen molar-refractivity contribution in [2.75, 3.05) is 5.32 Å². The first-order valence-corrected chi connectivity index (χ1v) is 8.08. The number of nitrogens with one attached hydrogen (secondary N) is 1. The molecule has 0 unspecified atom stereocenters. The number of rotatable bonds is 3. The van der Waals surface area contributed by atoms with Crippen LogP contribution in [0.5, 0.6) is 0 Å². The molecule has 124 valence electrons. The monoisotopic (exact) mass is 362 g/mol. The van der Waals surface area contributed by atoms with Gasteiger partial charge in [0.2, 0.25) is 0 Å². The first kappa shape index (κ1) is 16.6. The number of carbonyl (C=O) groups excluding carboxylic acids is 1. The highest BCUT2D eigenvalue weighted by atomic mass is 35.5. The molecule has 3 aromatic rings. The summed E-state index contributed by atoms with van der Waals surface area (Å²) >= 11 is 12.1. The summed E-state index contributed by atoms with van der Waals surface area (Å²) in [5, 5.41) is 7.95. The maximum absolute atomic E-state index is 12.8. The van der Waals surface area contributed by atoms with E-state index in [4.69, 9.17) is 23.2 Å². The summed E-state index contributed by atoms with van der Waals surface area (Å²) in [5.41, 5.74) is 2.96. The molecule has 2 aromatic heterocycles. The molecule has 1 amide bonds. The Kier molecular flexibility index (Phi) is 4.39. The molecule has 1 aromatic carbocycles. The third-order valence-electron chi connectivity index (χ3n) is 3.81. The van der Waals surface area contributed by atoms with Crippen LogP contribution in [-0.2, 0) is 7.05 Å². The van der Waals surface area contributed by atoms with E-state index in [-0.39, 0.29) is 5.91 Å². The number of halogens is 2. The molecule has 0 radical (unpaired) electrons. The highest BCUT2D eigenvalue weighted by Crippen LogP contribution is 2.27. The lowest BCUT2D eigenvalue weighted by molar-refractivity contribution is 0.102. The molecule has 0 saturated carbocycles. The molecule has 1 N–H and O–H groups in total. The van der Waals surface area contributed by atoms with E-state index in [1.807, 2.05) is 30.5 Å². The van der Waals surface area contributed by atoms with Gasteiger partial charge in [-0.3, -0.25) is 9.48 Å². The Morgan fingerprint density at radius 2 is 1.79 bits per heavy atom. The van der Waals surface area contributed by atoms with Crippen LogP contribution in [0, 0.1) is 13.8 Å². The van der Waals surface area contributed by atoms with E-state index in [9.17, 15) is 4.79 Å². The van der Waals surface area contributed by atoms with Crippen LogP contribution in [0.2, 0.25) is 10.0 Å². The van der Waals surface area contributed by atoms with Gasteiger partial charge in [-0.05, 0) is 44.2 Å². The molecule has 5 nitrogen and oxygen atoms in total. The lowest BCUT2D eigenvalue weighted by atomic mass is 10.2. The van der Waals surface area contributed by atoms with Crippen LogP contribution in [0.1, 0.15) is 21.7 Å². The van der Waals surface area contributed by atoms with Crippen molar-refractivity contribution in [2.45, 2.75) is 13.8 Å². The second-order valence-corrected chi connectivity index (χ2v) is 6.38. The van der Waals surface area contributed by atoms with Crippen LogP contribution in [-0.4, -0.2) is 20.3 Å². The zero-order valence-electron chi connectivity index (χ0n) is 13.5. The molecule has 0 aliphatic carbocycles. The number of aromatic nitrogens is 3. The van der Waals surface area contributed by atoms with E-state index < -0.39 is 0 Å². The highest BCUT2D eigenvalue weighted by Gasteiger charge is 2.20. The van der Waals surface area contributed by atoms with Crippen LogP contribution in [0.3, 0.4) is 0 Å². The van der Waals surface area contributed by atoms with Crippen LogP contribution in [0.15, 0.2) is 36.5 Å². The molecule has 24 heavy (non-hydrogen) atoms. The zero-order valence-corrected chi connectivity index (χ0v) is 15.0. The van der Waals surface area contributed by atoms with E-state index in [0.717, 1.165) is 11.4 Å². The van der Waals surface area contributed by atoms with Crippen molar-refractivity contribution in [3.8, 4) is 5.82 Å². The number of benzene rings is 1. The minimum absolute atomic E-state index is 0.297. The average Bonchev–Trinajstić information content (AvgIpc) is 3.05. The standard InChI is InChI=1S/C17H16Cl2N4O/c1-10-4-5-11(2)23(10)17-13(9-20-22(17)3)16(24)21-15-8-12(18)6-7-14(15)19/h4-9H,1-3H3,(H,21,24). The van der Waals surface area contributed by atoms with Crippen molar-refractivity contribution in [3.05, 3.63) is 63.5 Å². The van der Waals surface area contributed by atoms with E-state index >= 15 is 0 Å². The van der Waals surface area contributed by atoms with Crippen LogP contribution in [0.4, 0.5) is 5.69 Å². The molecular weight excluding hydrogens is 347 g/mol. The molecule has 0 bridgehead atoms. The average molecular weight is 363 g/mol. The molecule has 0 fully saturated rings. The number of nitrogens with zero attached hydrogens (tertiary/aromatic N) is 3. The predicted molar refractivity (Wildman–Crippen MR) is 96.4 cm³/mol. The van der Waals surface area contributed by atoms with Crippen molar-refractivity contribution in [3.63, 3.8) is 0 Å². The molecule has 0 saturated heterocycles. The first-order chi connectivity index (χ1) is 11.4. The molecule has 3 rings (SSSR count). The summed E-state index contributed by atoms with van der Waals surface area (Å²) in [6.45, 7) is 3.96. The van der Waals surface area contributed by atoms with Crippen molar-refractivity contribution in [2.24, 2.45) is 7.05 Å². The Bertz CT molecular complexity index is 907. The van der Waals surface area contributed by atoms with Gasteiger partial charge in [0.25, 0.3) is 5.91 Å². The Morgan fingerprint density at radius 3 is 2.46 bits per heavy atom. The fourth-order valence-corrected chi connectivity index (χ4v) is 2.98. The van der Waals surface area contributed by atoms with Crippen LogP contribution < -0.4 is 5.32 Å². The number of carbonyl (C=O) groups is 1. The van der Waals surface area contributed by atoms with Gasteiger partial charge in [-0.25, -0.2) is 0 Å². The molecule has 0 aliphatic rings. The fourth-order valence-electron chi connectivity index (χ4n) is 2.64. The van der Waals surface area contributed by atoms with E-state index in [2.05, 4.69) is 10.4 Å². The smallest absolute Gasteiger partial charge is 0.261 e. The van der Waals surface area contributed by atoms with Crippen LogP contribution in [0.25, 0.3) is 5.82 Å².